The van der Waals surface area contributed by atoms with Crippen LogP contribution in [-0.2, 0) is 21.1 Å². The SMILES string of the molecule is C=CCN(Cn1nnc2ccccc21)C(=O)C1N(CCCCCO)C(=O)[C@@H]2[C@@H](C(=O)N(CC=C)c3ccc(OCC)cc3)[C@H]3CCC12S3. The van der Waals surface area contributed by atoms with Crippen molar-refractivity contribution in [2.45, 2.75) is 61.7 Å². The zero-order valence-electron chi connectivity index (χ0n) is 27.4. The van der Waals surface area contributed by atoms with E-state index < -0.39 is 22.6 Å². The van der Waals surface area contributed by atoms with Crippen LogP contribution in [0.4, 0.5) is 5.69 Å². The lowest BCUT2D eigenvalue weighted by Gasteiger charge is -2.37. The van der Waals surface area contributed by atoms with Crippen molar-refractivity contribution in [2.24, 2.45) is 11.8 Å². The van der Waals surface area contributed by atoms with Gasteiger partial charge in [0.05, 0.1) is 28.7 Å². The van der Waals surface area contributed by atoms with E-state index in [0.717, 1.165) is 23.9 Å². The number of aromatic nitrogens is 3. The van der Waals surface area contributed by atoms with Gasteiger partial charge in [0, 0.05) is 37.2 Å². The Kier molecular flexibility index (Phi) is 10.2. The molecule has 3 aliphatic heterocycles. The predicted octanol–water partition coefficient (Wildman–Crippen LogP) is 4.28. The first-order chi connectivity index (χ1) is 23.4. The van der Waals surface area contributed by atoms with E-state index in [1.807, 2.05) is 55.5 Å². The molecule has 3 fully saturated rings. The van der Waals surface area contributed by atoms with Crippen molar-refractivity contribution < 1.29 is 24.2 Å². The second-order valence-electron chi connectivity index (χ2n) is 12.6. The maximum absolute atomic E-state index is 14.8. The number of aliphatic hydroxyl groups excluding tert-OH is 1. The number of ether oxygens (including phenoxy) is 1. The molecule has 6 rings (SSSR count). The van der Waals surface area contributed by atoms with E-state index in [-0.39, 0.29) is 42.8 Å². The van der Waals surface area contributed by atoms with Crippen molar-refractivity contribution in [3.05, 3.63) is 73.8 Å². The molecule has 12 heteroatoms. The fourth-order valence-corrected chi connectivity index (χ4v) is 9.98. The van der Waals surface area contributed by atoms with Crippen LogP contribution in [0.25, 0.3) is 11.0 Å². The van der Waals surface area contributed by atoms with Gasteiger partial charge in [0.15, 0.2) is 0 Å². The van der Waals surface area contributed by atoms with Gasteiger partial charge in [-0.25, -0.2) is 4.68 Å². The Morgan fingerprint density at radius 2 is 1.85 bits per heavy atom. The van der Waals surface area contributed by atoms with Crippen LogP contribution < -0.4 is 9.64 Å². The second kappa shape index (κ2) is 14.5. The van der Waals surface area contributed by atoms with Crippen molar-refractivity contribution in [1.82, 2.24) is 24.8 Å². The molecular weight excluding hydrogens is 629 g/mol. The number of carbonyl (C=O) groups excluding carboxylic acids is 3. The first kappa shape index (κ1) is 33.7. The molecule has 0 aliphatic carbocycles. The summed E-state index contributed by atoms with van der Waals surface area (Å²) in [6.45, 7) is 11.4. The second-order valence-corrected chi connectivity index (χ2v) is 14.2. The molecular formula is C36H44N6O5S. The summed E-state index contributed by atoms with van der Waals surface area (Å²) in [5.74, 6) is -0.930. The highest BCUT2D eigenvalue weighted by Crippen LogP contribution is 2.66. The zero-order valence-corrected chi connectivity index (χ0v) is 28.3. The van der Waals surface area contributed by atoms with Crippen molar-refractivity contribution in [3.8, 4) is 5.75 Å². The topological polar surface area (TPSA) is 121 Å². The standard InChI is InChI=1S/C36H44N6O5S/c1-4-20-39(24-42-28-13-9-8-12-27(28)37-38-42)35(46)32-36-19-18-29(48-36)30(31(36)34(45)41(32)22-10-7-11-23-43)33(44)40(21-5-2)25-14-16-26(17-15-25)47-6-3/h4-5,8-9,12-17,29-32,43H,1-2,6-7,10-11,18-24H2,3H3/t29-,30+,31+,32?,36?/m1/s1. The maximum Gasteiger partial charge on any atom is 0.248 e. The molecule has 0 radical (unpaired) electrons. The Bertz CT molecular complexity index is 1660. The third-order valence-corrected chi connectivity index (χ3v) is 11.8. The molecule has 254 valence electrons. The van der Waals surface area contributed by atoms with E-state index >= 15 is 0 Å². The van der Waals surface area contributed by atoms with Gasteiger partial charge in [0.2, 0.25) is 17.7 Å². The van der Waals surface area contributed by atoms with Crippen LogP contribution in [-0.4, -0.2) is 96.5 Å². The molecule has 48 heavy (non-hydrogen) atoms. The molecule has 2 aromatic carbocycles. The molecule has 5 atom stereocenters. The lowest BCUT2D eigenvalue weighted by atomic mass is 9.70. The number of para-hydroxylation sites is 1. The van der Waals surface area contributed by atoms with E-state index in [1.54, 1.807) is 43.3 Å². The number of rotatable bonds is 16. The van der Waals surface area contributed by atoms with Gasteiger partial charge in [0.1, 0.15) is 24.0 Å². The predicted molar refractivity (Wildman–Crippen MR) is 186 cm³/mol. The number of fused-ring (bicyclic) bond motifs is 2. The number of amides is 3. The quantitative estimate of drug-likeness (QED) is 0.177. The highest BCUT2D eigenvalue weighted by molar-refractivity contribution is 8.02. The van der Waals surface area contributed by atoms with Gasteiger partial charge in [-0.2, -0.15) is 0 Å². The number of likely N-dealkylation sites (tertiary alicyclic amines) is 1. The summed E-state index contributed by atoms with van der Waals surface area (Å²) >= 11 is 1.66. The van der Waals surface area contributed by atoms with Gasteiger partial charge < -0.3 is 24.5 Å². The highest BCUT2D eigenvalue weighted by atomic mass is 32.2. The monoisotopic (exact) mass is 672 g/mol. The fourth-order valence-electron chi connectivity index (χ4n) is 7.78. The number of unbranched alkanes of at least 4 members (excludes halogenated alkanes) is 2. The smallest absolute Gasteiger partial charge is 0.248 e. The first-order valence-electron chi connectivity index (χ1n) is 16.8. The summed E-state index contributed by atoms with van der Waals surface area (Å²) in [5.41, 5.74) is 2.24. The number of aliphatic hydroxyl groups is 1. The average Bonchev–Trinajstić information content (AvgIpc) is 3.85. The minimum absolute atomic E-state index is 0.0701. The molecule has 3 aliphatic rings. The van der Waals surface area contributed by atoms with Crippen molar-refractivity contribution >= 4 is 46.2 Å². The molecule has 2 bridgehead atoms. The van der Waals surface area contributed by atoms with E-state index in [9.17, 15) is 19.5 Å². The molecule has 3 saturated heterocycles. The van der Waals surface area contributed by atoms with Gasteiger partial charge in [-0.05, 0) is 75.4 Å². The Hall–Kier alpha value is -4.16. The Balaban J connectivity index is 1.34. The molecule has 1 aromatic heterocycles. The highest BCUT2D eigenvalue weighted by Gasteiger charge is 2.74. The summed E-state index contributed by atoms with van der Waals surface area (Å²) < 4.78 is 6.57. The number of anilines is 1. The molecule has 0 saturated carbocycles. The van der Waals surface area contributed by atoms with Crippen LogP contribution in [0.15, 0.2) is 73.8 Å². The number of thioether (sulfide) groups is 1. The normalized spacial score (nSPS) is 24.1. The largest absolute Gasteiger partial charge is 0.494 e. The van der Waals surface area contributed by atoms with Gasteiger partial charge in [-0.3, -0.25) is 14.4 Å². The lowest BCUT2D eigenvalue weighted by Crippen LogP contribution is -2.55. The molecule has 2 unspecified atom stereocenters. The van der Waals surface area contributed by atoms with Gasteiger partial charge in [-0.15, -0.1) is 30.0 Å². The summed E-state index contributed by atoms with van der Waals surface area (Å²) in [4.78, 5) is 49.2. The summed E-state index contributed by atoms with van der Waals surface area (Å²) in [6, 6.07) is 14.2. The lowest BCUT2D eigenvalue weighted by molar-refractivity contribution is -0.143. The molecule has 3 aromatic rings. The number of nitrogens with zero attached hydrogens (tertiary/aromatic N) is 6. The number of hydrogen-bond acceptors (Lipinski definition) is 8. The summed E-state index contributed by atoms with van der Waals surface area (Å²) in [6.07, 6.45) is 6.79. The minimum atomic E-state index is -0.745. The summed E-state index contributed by atoms with van der Waals surface area (Å²) in [7, 11) is 0. The Morgan fingerprint density at radius 3 is 2.58 bits per heavy atom. The van der Waals surface area contributed by atoms with Crippen molar-refractivity contribution in [2.75, 3.05) is 37.7 Å². The molecule has 4 heterocycles. The van der Waals surface area contributed by atoms with E-state index in [0.29, 0.717) is 50.4 Å². The maximum atomic E-state index is 14.8. The van der Waals surface area contributed by atoms with Crippen LogP contribution in [0.5, 0.6) is 5.75 Å². The van der Waals surface area contributed by atoms with Crippen molar-refractivity contribution in [3.63, 3.8) is 0 Å². The fraction of sp³-hybridized carbons (Fsp3) is 0.472. The van der Waals surface area contributed by atoms with Crippen LogP contribution in [0.3, 0.4) is 0 Å². The zero-order chi connectivity index (χ0) is 33.8. The third-order valence-electron chi connectivity index (χ3n) is 9.80. The molecule has 11 nitrogen and oxygen atoms in total. The van der Waals surface area contributed by atoms with Crippen molar-refractivity contribution in [1.29, 1.82) is 0 Å². The molecule has 1 spiro atoms. The van der Waals surface area contributed by atoms with Gasteiger partial charge in [-0.1, -0.05) is 29.5 Å². The number of benzene rings is 2. The Morgan fingerprint density at radius 1 is 1.08 bits per heavy atom. The third kappa shape index (κ3) is 6.00. The minimum Gasteiger partial charge on any atom is -0.494 e. The summed E-state index contributed by atoms with van der Waals surface area (Å²) in [5, 5.41) is 17.9. The molecule has 1 N–H and O–H groups in total. The Labute approximate surface area is 285 Å². The van der Waals surface area contributed by atoms with Crippen LogP contribution in [0.1, 0.15) is 39.0 Å². The number of carbonyl (C=O) groups is 3. The number of hydrogen-bond donors (Lipinski definition) is 1. The van der Waals surface area contributed by atoms with E-state index in [4.69, 9.17) is 4.74 Å². The van der Waals surface area contributed by atoms with Crippen LogP contribution in [0, 0.1) is 11.8 Å². The van der Waals surface area contributed by atoms with Crippen LogP contribution >= 0.6 is 11.8 Å². The van der Waals surface area contributed by atoms with Gasteiger partial charge in [0.25, 0.3) is 0 Å². The average molecular weight is 673 g/mol. The van der Waals surface area contributed by atoms with Crippen LogP contribution in [0.2, 0.25) is 0 Å². The molecule has 3 amide bonds. The van der Waals surface area contributed by atoms with E-state index in [1.165, 1.54) is 0 Å². The first-order valence-corrected chi connectivity index (χ1v) is 17.7. The van der Waals surface area contributed by atoms with E-state index in [2.05, 4.69) is 23.5 Å². The van der Waals surface area contributed by atoms with Gasteiger partial charge >= 0.3 is 0 Å².